The van der Waals surface area contributed by atoms with Crippen LogP contribution in [-0.2, 0) is 4.79 Å². The molecule has 0 saturated carbocycles. The van der Waals surface area contributed by atoms with Crippen LogP contribution in [0.4, 0.5) is 0 Å². The molecule has 2 N–H and O–H groups in total. The monoisotopic (exact) mass is 300 g/mol. The number of amides is 2. The molecule has 6 heteroatoms. The second kappa shape index (κ2) is 6.19. The summed E-state index contributed by atoms with van der Waals surface area (Å²) in [7, 11) is 1.76. The van der Waals surface area contributed by atoms with Crippen molar-refractivity contribution in [3.63, 3.8) is 0 Å². The van der Waals surface area contributed by atoms with E-state index in [0.717, 1.165) is 10.9 Å². The number of rotatable bonds is 3. The van der Waals surface area contributed by atoms with Crippen LogP contribution in [-0.4, -0.2) is 66.4 Å². The fourth-order valence-corrected chi connectivity index (χ4v) is 2.78. The average Bonchev–Trinajstić information content (AvgIpc) is 2.98. The third-order valence-corrected chi connectivity index (χ3v) is 4.01. The molecular formula is C16H20N4O2. The van der Waals surface area contributed by atoms with Gasteiger partial charge in [0.1, 0.15) is 5.69 Å². The van der Waals surface area contributed by atoms with Gasteiger partial charge in [0, 0.05) is 37.1 Å². The van der Waals surface area contributed by atoms with Gasteiger partial charge in [0.05, 0.1) is 6.54 Å². The second-order valence-corrected chi connectivity index (χ2v) is 5.47. The van der Waals surface area contributed by atoms with Crippen molar-refractivity contribution in [2.45, 2.75) is 0 Å². The normalized spacial score (nSPS) is 15.3. The Balaban J connectivity index is 1.65. The highest BCUT2D eigenvalue weighted by Gasteiger charge is 2.25. The molecule has 1 aromatic carbocycles. The summed E-state index contributed by atoms with van der Waals surface area (Å²) < 4.78 is 0. The molecule has 0 spiro atoms. The van der Waals surface area contributed by atoms with Crippen molar-refractivity contribution in [1.82, 2.24) is 20.1 Å². The number of nitrogens with one attached hydrogen (secondary N) is 2. The summed E-state index contributed by atoms with van der Waals surface area (Å²) in [6, 6.07) is 9.73. The first-order valence-electron chi connectivity index (χ1n) is 7.48. The van der Waals surface area contributed by atoms with Crippen LogP contribution in [0.25, 0.3) is 10.9 Å². The first kappa shape index (κ1) is 14.6. The van der Waals surface area contributed by atoms with Crippen molar-refractivity contribution in [3.05, 3.63) is 36.0 Å². The van der Waals surface area contributed by atoms with Gasteiger partial charge in [0.2, 0.25) is 5.91 Å². The molecule has 0 atom stereocenters. The number of aromatic amines is 1. The van der Waals surface area contributed by atoms with E-state index < -0.39 is 0 Å². The Labute approximate surface area is 129 Å². The summed E-state index contributed by atoms with van der Waals surface area (Å²) in [6.45, 7) is 2.67. The van der Waals surface area contributed by atoms with Gasteiger partial charge in [0.15, 0.2) is 0 Å². The van der Waals surface area contributed by atoms with Crippen molar-refractivity contribution in [3.8, 4) is 0 Å². The Morgan fingerprint density at radius 2 is 1.82 bits per heavy atom. The molecule has 0 unspecified atom stereocenters. The molecule has 2 aromatic rings. The smallest absolute Gasteiger partial charge is 0.270 e. The van der Waals surface area contributed by atoms with Crippen LogP contribution in [0, 0.1) is 0 Å². The molecular weight excluding hydrogens is 280 g/mol. The average molecular weight is 300 g/mol. The predicted octanol–water partition coefficient (Wildman–Crippen LogP) is 0.672. The largest absolute Gasteiger partial charge is 0.351 e. The summed E-state index contributed by atoms with van der Waals surface area (Å²) in [5, 5.41) is 3.90. The van der Waals surface area contributed by atoms with Crippen molar-refractivity contribution >= 4 is 22.7 Å². The van der Waals surface area contributed by atoms with E-state index in [1.165, 1.54) is 0 Å². The number of carbonyl (C=O) groups is 2. The molecule has 0 bridgehead atoms. The lowest BCUT2D eigenvalue weighted by atomic mass is 10.2. The van der Waals surface area contributed by atoms with Crippen LogP contribution in [0.5, 0.6) is 0 Å². The Kier molecular flexibility index (Phi) is 4.11. The molecule has 1 aliphatic heterocycles. The summed E-state index contributed by atoms with van der Waals surface area (Å²) in [6.07, 6.45) is 0. The number of H-pyrrole nitrogens is 1. The van der Waals surface area contributed by atoms with Gasteiger partial charge in [-0.3, -0.25) is 9.59 Å². The fraction of sp³-hybridized carbons (Fsp3) is 0.375. The van der Waals surface area contributed by atoms with Crippen LogP contribution in [0.15, 0.2) is 30.3 Å². The highest BCUT2D eigenvalue weighted by Crippen LogP contribution is 2.16. The molecule has 1 fully saturated rings. The molecule has 116 valence electrons. The number of benzene rings is 1. The molecule has 0 aliphatic carbocycles. The van der Waals surface area contributed by atoms with Gasteiger partial charge in [-0.1, -0.05) is 18.2 Å². The van der Waals surface area contributed by atoms with Crippen molar-refractivity contribution in [2.75, 3.05) is 39.8 Å². The van der Waals surface area contributed by atoms with Crippen molar-refractivity contribution in [1.29, 1.82) is 0 Å². The standard InChI is InChI=1S/C16H20N4O2/c1-17-11-15(21)19-6-8-20(9-7-19)16(22)14-10-12-4-2-3-5-13(12)18-14/h2-5,10,17-18H,6-9,11H2,1H3. The quantitative estimate of drug-likeness (QED) is 0.875. The number of nitrogens with zero attached hydrogens (tertiary/aromatic N) is 2. The number of fused-ring (bicyclic) bond motifs is 1. The molecule has 6 nitrogen and oxygen atoms in total. The maximum absolute atomic E-state index is 12.6. The van der Waals surface area contributed by atoms with Crippen LogP contribution in [0.2, 0.25) is 0 Å². The Bertz CT molecular complexity index is 653. The topological polar surface area (TPSA) is 68.4 Å². The number of likely N-dealkylation sites (N-methyl/N-ethyl adjacent to an activating group) is 1. The van der Waals surface area contributed by atoms with Gasteiger partial charge in [0.25, 0.3) is 5.91 Å². The molecule has 0 radical (unpaired) electrons. The van der Waals surface area contributed by atoms with Crippen LogP contribution in [0.3, 0.4) is 0 Å². The summed E-state index contributed by atoms with van der Waals surface area (Å²) in [4.78, 5) is 31.1. The molecule has 3 rings (SSSR count). The van der Waals surface area contributed by atoms with Crippen molar-refractivity contribution in [2.24, 2.45) is 0 Å². The molecule has 22 heavy (non-hydrogen) atoms. The zero-order valence-electron chi connectivity index (χ0n) is 12.6. The number of aromatic nitrogens is 1. The van der Waals surface area contributed by atoms with Gasteiger partial charge in [-0.2, -0.15) is 0 Å². The predicted molar refractivity (Wildman–Crippen MR) is 84.7 cm³/mol. The molecule has 1 aliphatic rings. The summed E-state index contributed by atoms with van der Waals surface area (Å²) in [5.74, 6) is 0.0807. The maximum atomic E-state index is 12.6. The first-order chi connectivity index (χ1) is 10.7. The Hall–Kier alpha value is -2.34. The maximum Gasteiger partial charge on any atom is 0.270 e. The summed E-state index contributed by atoms with van der Waals surface area (Å²) >= 11 is 0. The number of carbonyl (C=O) groups excluding carboxylic acids is 2. The number of piperazine rings is 1. The van der Waals surface area contributed by atoms with Gasteiger partial charge < -0.3 is 20.1 Å². The third-order valence-electron chi connectivity index (χ3n) is 4.01. The van der Waals surface area contributed by atoms with E-state index >= 15 is 0 Å². The zero-order chi connectivity index (χ0) is 15.5. The van der Waals surface area contributed by atoms with E-state index in [4.69, 9.17) is 0 Å². The van der Waals surface area contributed by atoms with E-state index in [2.05, 4.69) is 10.3 Å². The number of hydrogen-bond acceptors (Lipinski definition) is 3. The minimum absolute atomic E-state index is 0.00286. The molecule has 1 saturated heterocycles. The zero-order valence-corrected chi connectivity index (χ0v) is 12.6. The lowest BCUT2D eigenvalue weighted by molar-refractivity contribution is -0.131. The first-order valence-corrected chi connectivity index (χ1v) is 7.48. The fourth-order valence-electron chi connectivity index (χ4n) is 2.78. The SMILES string of the molecule is CNCC(=O)N1CCN(C(=O)c2cc3ccccc3[nH]2)CC1. The lowest BCUT2D eigenvalue weighted by Crippen LogP contribution is -2.52. The minimum atomic E-state index is -0.00286. The van der Waals surface area contributed by atoms with Crippen LogP contribution < -0.4 is 5.32 Å². The van der Waals surface area contributed by atoms with Gasteiger partial charge in [-0.25, -0.2) is 0 Å². The number of para-hydroxylation sites is 1. The lowest BCUT2D eigenvalue weighted by Gasteiger charge is -2.34. The van der Waals surface area contributed by atoms with Gasteiger partial charge in [-0.15, -0.1) is 0 Å². The van der Waals surface area contributed by atoms with Gasteiger partial charge in [-0.05, 0) is 19.2 Å². The molecule has 2 heterocycles. The van der Waals surface area contributed by atoms with Crippen LogP contribution >= 0.6 is 0 Å². The number of hydrogen-bond donors (Lipinski definition) is 2. The molecule has 1 aromatic heterocycles. The minimum Gasteiger partial charge on any atom is -0.351 e. The Morgan fingerprint density at radius 1 is 1.14 bits per heavy atom. The van der Waals surface area contributed by atoms with E-state index in [1.807, 2.05) is 30.3 Å². The van der Waals surface area contributed by atoms with Crippen LogP contribution in [0.1, 0.15) is 10.5 Å². The van der Waals surface area contributed by atoms with Gasteiger partial charge >= 0.3 is 0 Å². The Morgan fingerprint density at radius 3 is 2.50 bits per heavy atom. The van der Waals surface area contributed by atoms with E-state index in [0.29, 0.717) is 38.4 Å². The van der Waals surface area contributed by atoms with E-state index in [1.54, 1.807) is 16.8 Å². The summed E-state index contributed by atoms with van der Waals surface area (Å²) in [5.41, 5.74) is 1.57. The van der Waals surface area contributed by atoms with E-state index in [9.17, 15) is 9.59 Å². The molecule has 2 amide bonds. The van der Waals surface area contributed by atoms with Crippen molar-refractivity contribution < 1.29 is 9.59 Å². The third kappa shape index (κ3) is 2.82. The highest BCUT2D eigenvalue weighted by atomic mass is 16.2. The highest BCUT2D eigenvalue weighted by molar-refractivity contribution is 5.98. The van der Waals surface area contributed by atoms with E-state index in [-0.39, 0.29) is 11.8 Å². The second-order valence-electron chi connectivity index (χ2n) is 5.47.